The van der Waals surface area contributed by atoms with Gasteiger partial charge in [0.25, 0.3) is 0 Å². The molecule has 0 aromatic carbocycles. The van der Waals surface area contributed by atoms with Crippen molar-refractivity contribution in [1.82, 2.24) is 4.90 Å². The molecule has 1 aliphatic heterocycles. The van der Waals surface area contributed by atoms with Gasteiger partial charge in [-0.1, -0.05) is 19.1 Å². The number of imide groups is 1. The maximum absolute atomic E-state index is 12.2. The van der Waals surface area contributed by atoms with Crippen LogP contribution in [0.4, 0.5) is 0 Å². The molecule has 2 aliphatic rings. The van der Waals surface area contributed by atoms with Gasteiger partial charge in [-0.2, -0.15) is 0 Å². The van der Waals surface area contributed by atoms with Crippen molar-refractivity contribution in [2.45, 2.75) is 33.1 Å². The third-order valence-electron chi connectivity index (χ3n) is 4.40. The van der Waals surface area contributed by atoms with Crippen LogP contribution in [0.25, 0.3) is 0 Å². The molecular formula is C14H19NO4. The molecule has 2 rings (SSSR count). The zero-order chi connectivity index (χ0) is 14.2. The lowest BCUT2D eigenvalue weighted by atomic mass is 9.85. The Hall–Kier alpha value is -1.65. The molecule has 1 fully saturated rings. The molecule has 5 nitrogen and oxygen atoms in total. The van der Waals surface area contributed by atoms with Gasteiger partial charge in [-0.05, 0) is 26.2 Å². The van der Waals surface area contributed by atoms with E-state index in [1.807, 2.05) is 12.2 Å². The first-order valence-electron chi connectivity index (χ1n) is 6.64. The fourth-order valence-electron chi connectivity index (χ4n) is 2.70. The normalized spacial score (nSPS) is 29.3. The Morgan fingerprint density at radius 1 is 1.32 bits per heavy atom. The molecule has 19 heavy (non-hydrogen) atoms. The van der Waals surface area contributed by atoms with E-state index in [1.165, 1.54) is 4.90 Å². The number of aliphatic carboxylic acids is 1. The van der Waals surface area contributed by atoms with E-state index in [9.17, 15) is 19.5 Å². The molecule has 1 heterocycles. The topological polar surface area (TPSA) is 74.7 Å². The van der Waals surface area contributed by atoms with Gasteiger partial charge >= 0.3 is 5.97 Å². The van der Waals surface area contributed by atoms with Gasteiger partial charge in [-0.15, -0.1) is 0 Å². The average Bonchev–Trinajstić information content (AvgIpc) is 2.64. The maximum Gasteiger partial charge on any atom is 0.311 e. The monoisotopic (exact) mass is 265 g/mol. The summed E-state index contributed by atoms with van der Waals surface area (Å²) in [6, 6.07) is 0. The number of hydrogen-bond donors (Lipinski definition) is 1. The van der Waals surface area contributed by atoms with Crippen LogP contribution in [0, 0.1) is 17.3 Å². The minimum Gasteiger partial charge on any atom is -0.481 e. The molecule has 0 bridgehead atoms. The minimum atomic E-state index is -1.06. The summed E-state index contributed by atoms with van der Waals surface area (Å²) in [5.74, 6) is -1.95. The minimum absolute atomic E-state index is 0.0243. The van der Waals surface area contributed by atoms with Crippen LogP contribution in [0.3, 0.4) is 0 Å². The Bertz CT molecular complexity index is 430. The number of amides is 2. The van der Waals surface area contributed by atoms with Gasteiger partial charge in [-0.3, -0.25) is 19.3 Å². The predicted octanol–water partition coefficient (Wildman–Crippen LogP) is 1.44. The summed E-state index contributed by atoms with van der Waals surface area (Å²) in [5, 5.41) is 9.26. The molecule has 1 saturated heterocycles. The summed E-state index contributed by atoms with van der Waals surface area (Å²) in [7, 11) is 0. The number of likely N-dealkylation sites (tertiary alicyclic amines) is 1. The van der Waals surface area contributed by atoms with Gasteiger partial charge in [0, 0.05) is 6.54 Å². The molecule has 0 aromatic heterocycles. The molecule has 1 unspecified atom stereocenters. The number of nitrogens with zero attached hydrogens (tertiary/aromatic N) is 1. The molecule has 104 valence electrons. The standard InChI is InChI=1S/C14H19NO4/c1-3-14(2,13(18)19)8-15-11(16)9-6-4-5-7-10(9)12(15)17/h4-5,9-10H,3,6-8H2,1-2H3,(H,18,19)/t9-,10+,14?. The van der Waals surface area contributed by atoms with Crippen molar-refractivity contribution in [3.63, 3.8) is 0 Å². The van der Waals surface area contributed by atoms with Gasteiger partial charge in [0.1, 0.15) is 0 Å². The van der Waals surface area contributed by atoms with Crippen LogP contribution in [0.1, 0.15) is 33.1 Å². The van der Waals surface area contributed by atoms with E-state index in [4.69, 9.17) is 0 Å². The number of carboxylic acid groups (broad SMARTS) is 1. The Morgan fingerprint density at radius 2 is 1.79 bits per heavy atom. The van der Waals surface area contributed by atoms with E-state index < -0.39 is 11.4 Å². The maximum atomic E-state index is 12.2. The van der Waals surface area contributed by atoms with E-state index in [0.29, 0.717) is 19.3 Å². The number of fused-ring (bicyclic) bond motifs is 1. The summed E-state index contributed by atoms with van der Waals surface area (Å²) >= 11 is 0. The zero-order valence-electron chi connectivity index (χ0n) is 11.3. The third-order valence-corrected chi connectivity index (χ3v) is 4.40. The molecule has 0 saturated carbocycles. The van der Waals surface area contributed by atoms with E-state index >= 15 is 0 Å². The molecule has 1 N–H and O–H groups in total. The van der Waals surface area contributed by atoms with Crippen LogP contribution < -0.4 is 0 Å². The van der Waals surface area contributed by atoms with Gasteiger partial charge in [0.2, 0.25) is 11.8 Å². The summed E-state index contributed by atoms with van der Waals surface area (Å²) in [4.78, 5) is 37.0. The van der Waals surface area contributed by atoms with Crippen molar-refractivity contribution in [2.75, 3.05) is 6.54 Å². The van der Waals surface area contributed by atoms with Crippen molar-refractivity contribution < 1.29 is 19.5 Å². The molecule has 1 aliphatic carbocycles. The molecular weight excluding hydrogens is 246 g/mol. The number of allylic oxidation sites excluding steroid dienone is 2. The second kappa shape index (κ2) is 4.79. The summed E-state index contributed by atoms with van der Waals surface area (Å²) < 4.78 is 0. The highest BCUT2D eigenvalue weighted by Gasteiger charge is 2.49. The second-order valence-electron chi connectivity index (χ2n) is 5.64. The van der Waals surface area contributed by atoms with Gasteiger partial charge < -0.3 is 5.11 Å². The Kier molecular flexibility index (Phi) is 3.47. The summed E-state index contributed by atoms with van der Waals surface area (Å²) in [6.45, 7) is 3.31. The van der Waals surface area contributed by atoms with Crippen molar-refractivity contribution in [1.29, 1.82) is 0 Å². The van der Waals surface area contributed by atoms with Gasteiger partial charge in [0.15, 0.2) is 0 Å². The van der Waals surface area contributed by atoms with Crippen molar-refractivity contribution in [2.24, 2.45) is 17.3 Å². The largest absolute Gasteiger partial charge is 0.481 e. The number of hydrogen-bond acceptors (Lipinski definition) is 3. The second-order valence-corrected chi connectivity index (χ2v) is 5.64. The number of carbonyl (C=O) groups is 3. The van der Waals surface area contributed by atoms with Crippen molar-refractivity contribution in [3.8, 4) is 0 Å². The fraction of sp³-hybridized carbons (Fsp3) is 0.643. The summed E-state index contributed by atoms with van der Waals surface area (Å²) in [6.07, 6.45) is 5.40. The van der Waals surface area contributed by atoms with E-state index in [2.05, 4.69) is 0 Å². The lowest BCUT2D eigenvalue weighted by Crippen LogP contribution is -2.44. The highest BCUT2D eigenvalue weighted by molar-refractivity contribution is 6.05. The smallest absolute Gasteiger partial charge is 0.311 e. The van der Waals surface area contributed by atoms with Crippen LogP contribution in [0.15, 0.2) is 12.2 Å². The molecule has 2 amide bonds. The molecule has 5 heteroatoms. The highest BCUT2D eigenvalue weighted by atomic mass is 16.4. The van der Waals surface area contributed by atoms with Crippen molar-refractivity contribution >= 4 is 17.8 Å². The summed E-state index contributed by atoms with van der Waals surface area (Å²) in [5.41, 5.74) is -1.06. The Labute approximate surface area is 112 Å². The lowest BCUT2D eigenvalue weighted by molar-refractivity contribution is -0.152. The first-order valence-corrected chi connectivity index (χ1v) is 6.64. The van der Waals surface area contributed by atoms with Gasteiger partial charge in [0.05, 0.1) is 17.3 Å². The van der Waals surface area contributed by atoms with Crippen molar-refractivity contribution in [3.05, 3.63) is 12.2 Å². The zero-order valence-corrected chi connectivity index (χ0v) is 11.3. The number of carboxylic acids is 1. The quantitative estimate of drug-likeness (QED) is 0.616. The average molecular weight is 265 g/mol. The third kappa shape index (κ3) is 2.17. The molecule has 0 spiro atoms. The molecule has 0 aromatic rings. The van der Waals surface area contributed by atoms with Crippen LogP contribution >= 0.6 is 0 Å². The Balaban J connectivity index is 2.20. The first-order chi connectivity index (χ1) is 8.90. The Morgan fingerprint density at radius 3 is 2.16 bits per heavy atom. The van der Waals surface area contributed by atoms with Crippen LogP contribution in [0.2, 0.25) is 0 Å². The first kappa shape index (κ1) is 13.8. The van der Waals surface area contributed by atoms with E-state index in [1.54, 1.807) is 13.8 Å². The van der Waals surface area contributed by atoms with E-state index in [-0.39, 0.29) is 30.2 Å². The van der Waals surface area contributed by atoms with E-state index in [0.717, 1.165) is 0 Å². The SMILES string of the molecule is CCC(C)(CN1C(=O)[C@H]2CC=CC[C@H]2C1=O)C(=O)O. The van der Waals surface area contributed by atoms with Crippen LogP contribution in [0.5, 0.6) is 0 Å². The predicted molar refractivity (Wildman–Crippen MR) is 68.1 cm³/mol. The van der Waals surface area contributed by atoms with Gasteiger partial charge in [-0.25, -0.2) is 0 Å². The molecule has 0 radical (unpaired) electrons. The number of rotatable bonds is 4. The van der Waals surface area contributed by atoms with Crippen LogP contribution in [-0.4, -0.2) is 34.3 Å². The number of carbonyl (C=O) groups excluding carboxylic acids is 2. The fourth-order valence-corrected chi connectivity index (χ4v) is 2.70. The lowest BCUT2D eigenvalue weighted by Gasteiger charge is -2.28. The highest BCUT2D eigenvalue weighted by Crippen LogP contribution is 2.37. The van der Waals surface area contributed by atoms with Crippen LogP contribution in [-0.2, 0) is 14.4 Å². The molecule has 3 atom stereocenters.